The quantitative estimate of drug-likeness (QED) is 0.856. The summed E-state index contributed by atoms with van der Waals surface area (Å²) in [6, 6.07) is 10.3. The lowest BCUT2D eigenvalue weighted by atomic mass is 10.1. The van der Waals surface area contributed by atoms with Crippen LogP contribution in [-0.2, 0) is 0 Å². The smallest absolute Gasteiger partial charge is 0.137 e. The molecule has 0 unspecified atom stereocenters. The molecule has 0 saturated carbocycles. The number of rotatable bonds is 1. The number of hydrogen-bond donors (Lipinski definition) is 1. The van der Waals surface area contributed by atoms with Gasteiger partial charge in [-0.2, -0.15) is 0 Å². The van der Waals surface area contributed by atoms with Gasteiger partial charge in [0.25, 0.3) is 0 Å². The van der Waals surface area contributed by atoms with Gasteiger partial charge < -0.3 is 5.73 Å². The number of nitrogen functional groups attached to an aromatic ring is 1. The molecule has 0 amide bonds. The fourth-order valence-electron chi connectivity index (χ4n) is 1.35. The number of benzene rings is 1. The molecular weight excluding hydrogens is 252 g/mol. The lowest BCUT2D eigenvalue weighted by Crippen LogP contribution is -1.91. The van der Waals surface area contributed by atoms with Gasteiger partial charge in [-0.3, -0.25) is 0 Å². The van der Waals surface area contributed by atoms with E-state index in [0.717, 1.165) is 15.6 Å². The monoisotopic (exact) mass is 262 g/mol. The molecule has 1 aromatic carbocycles. The Hall–Kier alpha value is -1.35. The van der Waals surface area contributed by atoms with E-state index in [1.165, 1.54) is 5.56 Å². The Balaban J connectivity index is 2.45. The molecule has 0 spiro atoms. The van der Waals surface area contributed by atoms with Crippen LogP contribution in [0.2, 0.25) is 0 Å². The summed E-state index contributed by atoms with van der Waals surface area (Å²) in [7, 11) is 0. The molecule has 2 rings (SSSR count). The highest BCUT2D eigenvalue weighted by Crippen LogP contribution is 2.25. The minimum atomic E-state index is 0.519. The average Bonchev–Trinajstić information content (AvgIpc) is 2.23. The van der Waals surface area contributed by atoms with Crippen LogP contribution in [0, 0.1) is 6.92 Å². The molecule has 2 nitrogen and oxygen atoms in total. The molecule has 2 aromatic rings. The van der Waals surface area contributed by atoms with E-state index in [1.54, 1.807) is 6.20 Å². The van der Waals surface area contributed by atoms with Gasteiger partial charge in [0, 0.05) is 11.8 Å². The third-order valence-electron chi connectivity index (χ3n) is 2.25. The molecular formula is C12H11BrN2. The largest absolute Gasteiger partial charge is 0.383 e. The first-order chi connectivity index (χ1) is 7.16. The Morgan fingerprint density at radius 2 is 1.80 bits per heavy atom. The zero-order valence-corrected chi connectivity index (χ0v) is 9.95. The summed E-state index contributed by atoms with van der Waals surface area (Å²) in [6.07, 6.45) is 1.78. The SMILES string of the molecule is Cc1ccc(-c2cnc(N)c(Br)c2)cc1. The second kappa shape index (κ2) is 4.03. The molecule has 0 saturated heterocycles. The summed E-state index contributed by atoms with van der Waals surface area (Å²) < 4.78 is 0.834. The number of halogens is 1. The van der Waals surface area contributed by atoms with Gasteiger partial charge in [0.05, 0.1) is 4.47 Å². The van der Waals surface area contributed by atoms with Crippen LogP contribution in [0.4, 0.5) is 5.82 Å². The van der Waals surface area contributed by atoms with Crippen LogP contribution in [0.1, 0.15) is 5.56 Å². The highest BCUT2D eigenvalue weighted by Gasteiger charge is 2.01. The predicted octanol–water partition coefficient (Wildman–Crippen LogP) is 3.40. The third kappa shape index (κ3) is 2.18. The molecule has 2 N–H and O–H groups in total. The maximum absolute atomic E-state index is 5.63. The number of aromatic nitrogens is 1. The Morgan fingerprint density at radius 3 is 2.40 bits per heavy atom. The van der Waals surface area contributed by atoms with Gasteiger partial charge >= 0.3 is 0 Å². The summed E-state index contributed by atoms with van der Waals surface area (Å²) in [5.74, 6) is 0.519. The number of pyridine rings is 1. The Kier molecular flexibility index (Phi) is 2.73. The first-order valence-corrected chi connectivity index (χ1v) is 5.44. The van der Waals surface area contributed by atoms with Crippen molar-refractivity contribution in [1.29, 1.82) is 0 Å². The zero-order valence-electron chi connectivity index (χ0n) is 8.37. The number of aryl methyl sites for hydroxylation is 1. The van der Waals surface area contributed by atoms with E-state index in [4.69, 9.17) is 5.73 Å². The molecule has 3 heteroatoms. The fraction of sp³-hybridized carbons (Fsp3) is 0.0833. The van der Waals surface area contributed by atoms with Crippen LogP contribution in [0.3, 0.4) is 0 Å². The van der Waals surface area contributed by atoms with Gasteiger partial charge in [-0.1, -0.05) is 29.8 Å². The van der Waals surface area contributed by atoms with Crippen LogP contribution in [0.15, 0.2) is 41.0 Å². The number of hydrogen-bond acceptors (Lipinski definition) is 2. The molecule has 76 valence electrons. The van der Waals surface area contributed by atoms with Crippen LogP contribution in [-0.4, -0.2) is 4.98 Å². The first kappa shape index (κ1) is 10.2. The summed E-state index contributed by atoms with van der Waals surface area (Å²) in [6.45, 7) is 2.07. The second-order valence-corrected chi connectivity index (χ2v) is 4.31. The maximum Gasteiger partial charge on any atom is 0.137 e. The van der Waals surface area contributed by atoms with Crippen molar-refractivity contribution in [1.82, 2.24) is 4.98 Å². The van der Waals surface area contributed by atoms with Gasteiger partial charge in [0.1, 0.15) is 5.82 Å². The number of anilines is 1. The molecule has 0 radical (unpaired) electrons. The number of nitrogens with two attached hydrogens (primary N) is 1. The molecule has 15 heavy (non-hydrogen) atoms. The van der Waals surface area contributed by atoms with Crippen LogP contribution in [0.5, 0.6) is 0 Å². The van der Waals surface area contributed by atoms with E-state index >= 15 is 0 Å². The molecule has 0 aliphatic carbocycles. The summed E-state index contributed by atoms with van der Waals surface area (Å²) in [5, 5.41) is 0. The van der Waals surface area contributed by atoms with Crippen LogP contribution < -0.4 is 5.73 Å². The van der Waals surface area contributed by atoms with E-state index in [1.807, 2.05) is 6.07 Å². The van der Waals surface area contributed by atoms with Crippen molar-refractivity contribution >= 4 is 21.7 Å². The topological polar surface area (TPSA) is 38.9 Å². The van der Waals surface area contributed by atoms with E-state index in [2.05, 4.69) is 52.1 Å². The maximum atomic E-state index is 5.63. The summed E-state index contributed by atoms with van der Waals surface area (Å²) >= 11 is 3.37. The van der Waals surface area contributed by atoms with Crippen molar-refractivity contribution in [2.24, 2.45) is 0 Å². The molecule has 0 atom stereocenters. The normalized spacial score (nSPS) is 10.3. The summed E-state index contributed by atoms with van der Waals surface area (Å²) in [5.41, 5.74) is 9.10. The molecule has 1 heterocycles. The van der Waals surface area contributed by atoms with Crippen molar-refractivity contribution < 1.29 is 0 Å². The zero-order chi connectivity index (χ0) is 10.8. The second-order valence-electron chi connectivity index (χ2n) is 3.46. The van der Waals surface area contributed by atoms with Crippen molar-refractivity contribution in [2.75, 3.05) is 5.73 Å². The third-order valence-corrected chi connectivity index (χ3v) is 2.89. The average molecular weight is 263 g/mol. The summed E-state index contributed by atoms with van der Waals surface area (Å²) in [4.78, 5) is 4.11. The molecule has 0 fully saturated rings. The van der Waals surface area contributed by atoms with Gasteiger partial charge in [-0.15, -0.1) is 0 Å². The molecule has 0 aliphatic rings. The van der Waals surface area contributed by atoms with Gasteiger partial charge in [0.2, 0.25) is 0 Å². The Bertz CT molecular complexity index is 477. The van der Waals surface area contributed by atoms with E-state index < -0.39 is 0 Å². The highest BCUT2D eigenvalue weighted by atomic mass is 79.9. The fourth-order valence-corrected chi connectivity index (χ4v) is 1.70. The van der Waals surface area contributed by atoms with Gasteiger partial charge in [-0.05, 0) is 34.5 Å². The lowest BCUT2D eigenvalue weighted by molar-refractivity contribution is 1.32. The van der Waals surface area contributed by atoms with Gasteiger partial charge in [-0.25, -0.2) is 4.98 Å². The Morgan fingerprint density at radius 1 is 1.13 bits per heavy atom. The molecule has 0 aliphatic heterocycles. The van der Waals surface area contributed by atoms with Crippen LogP contribution >= 0.6 is 15.9 Å². The van der Waals surface area contributed by atoms with E-state index in [-0.39, 0.29) is 0 Å². The minimum absolute atomic E-state index is 0.519. The Labute approximate surface area is 97.3 Å². The number of nitrogens with zero attached hydrogens (tertiary/aromatic N) is 1. The van der Waals surface area contributed by atoms with Crippen molar-refractivity contribution in [2.45, 2.75) is 6.92 Å². The van der Waals surface area contributed by atoms with Crippen LogP contribution in [0.25, 0.3) is 11.1 Å². The van der Waals surface area contributed by atoms with E-state index in [9.17, 15) is 0 Å². The van der Waals surface area contributed by atoms with Crippen molar-refractivity contribution in [3.05, 3.63) is 46.6 Å². The standard InChI is InChI=1S/C12H11BrN2/c1-8-2-4-9(5-3-8)10-6-11(13)12(14)15-7-10/h2-7H,1H3,(H2,14,15). The highest BCUT2D eigenvalue weighted by molar-refractivity contribution is 9.10. The van der Waals surface area contributed by atoms with Crippen molar-refractivity contribution in [3.63, 3.8) is 0 Å². The first-order valence-electron chi connectivity index (χ1n) is 4.65. The van der Waals surface area contributed by atoms with E-state index in [0.29, 0.717) is 5.82 Å². The van der Waals surface area contributed by atoms with Gasteiger partial charge in [0.15, 0.2) is 0 Å². The minimum Gasteiger partial charge on any atom is -0.383 e. The molecule has 1 aromatic heterocycles. The van der Waals surface area contributed by atoms with Crippen molar-refractivity contribution in [3.8, 4) is 11.1 Å². The predicted molar refractivity (Wildman–Crippen MR) is 66.5 cm³/mol. The lowest BCUT2D eigenvalue weighted by Gasteiger charge is -2.03. The molecule has 0 bridgehead atoms.